The average molecular weight is 383 g/mol. The smallest absolute Gasteiger partial charge is 0.408 e. The molecule has 146 valence electrons. The fourth-order valence-corrected chi connectivity index (χ4v) is 5.52. The number of benzene rings is 1. The highest BCUT2D eigenvalue weighted by Crippen LogP contribution is 2.55. The van der Waals surface area contributed by atoms with Crippen LogP contribution in [0.4, 0.5) is 4.79 Å². The van der Waals surface area contributed by atoms with Gasteiger partial charge in [0.05, 0.1) is 10.8 Å². The van der Waals surface area contributed by atoms with Crippen molar-refractivity contribution < 1.29 is 17.9 Å². The summed E-state index contributed by atoms with van der Waals surface area (Å²) in [6.45, 7) is 8.97. The zero-order valence-electron chi connectivity index (χ0n) is 16.2. The second-order valence-corrected chi connectivity index (χ2v) is 10.2. The Hall–Kier alpha value is -1.60. The Bertz CT molecular complexity index is 753. The maximum absolute atomic E-state index is 12.7. The Balaban J connectivity index is 2.38. The van der Waals surface area contributed by atoms with E-state index in [-0.39, 0.29) is 18.2 Å². The molecule has 2 rings (SSSR count). The van der Waals surface area contributed by atoms with Crippen molar-refractivity contribution in [3.8, 4) is 0 Å². The summed E-state index contributed by atoms with van der Waals surface area (Å²) in [6.07, 6.45) is 0.256. The van der Waals surface area contributed by atoms with Crippen molar-refractivity contribution in [2.75, 3.05) is 12.3 Å². The van der Waals surface area contributed by atoms with E-state index in [1.807, 2.05) is 24.3 Å². The quantitative estimate of drug-likeness (QED) is 0.787. The molecule has 3 N–H and O–H groups in total. The lowest BCUT2D eigenvalue weighted by Crippen LogP contribution is -2.49. The van der Waals surface area contributed by atoms with E-state index in [2.05, 4.69) is 12.2 Å². The molecule has 1 aromatic rings. The summed E-state index contributed by atoms with van der Waals surface area (Å²) >= 11 is 0. The third kappa shape index (κ3) is 4.04. The number of aryl methyl sites for hydroxylation is 1. The number of carbonyl (C=O) groups is 1. The molecule has 6 nitrogen and oxygen atoms in total. The summed E-state index contributed by atoms with van der Waals surface area (Å²) in [4.78, 5) is 12.3. The molecule has 1 amide bonds. The van der Waals surface area contributed by atoms with Gasteiger partial charge in [0.15, 0.2) is 9.84 Å². The molecule has 1 aromatic carbocycles. The topological polar surface area (TPSA) is 98.5 Å². The Morgan fingerprint density at radius 2 is 1.81 bits per heavy atom. The largest absolute Gasteiger partial charge is 0.444 e. The number of hydrogen-bond acceptors (Lipinski definition) is 5. The molecule has 0 bridgehead atoms. The summed E-state index contributed by atoms with van der Waals surface area (Å²) in [5.41, 5.74) is 6.30. The number of nitrogens with one attached hydrogen (secondary N) is 1. The Kier molecular flexibility index (Phi) is 5.73. The molecule has 0 spiro atoms. The first kappa shape index (κ1) is 20.7. The number of hydrogen-bond donors (Lipinski definition) is 2. The van der Waals surface area contributed by atoms with Crippen LogP contribution in [-0.4, -0.2) is 43.2 Å². The summed E-state index contributed by atoms with van der Waals surface area (Å²) in [6, 6.07) is 7.82. The lowest BCUT2D eigenvalue weighted by Gasteiger charge is -2.24. The van der Waals surface area contributed by atoms with Crippen LogP contribution in [-0.2, 0) is 21.0 Å². The van der Waals surface area contributed by atoms with Gasteiger partial charge in [-0.05, 0) is 38.3 Å². The third-order valence-electron chi connectivity index (χ3n) is 4.86. The molecule has 1 aliphatic carbocycles. The van der Waals surface area contributed by atoms with Gasteiger partial charge in [-0.15, -0.1) is 0 Å². The molecule has 1 fully saturated rings. The van der Waals surface area contributed by atoms with Crippen LogP contribution < -0.4 is 11.1 Å². The van der Waals surface area contributed by atoms with Gasteiger partial charge in [-0.25, -0.2) is 13.2 Å². The van der Waals surface area contributed by atoms with Crippen molar-refractivity contribution in [2.45, 2.75) is 63.3 Å². The van der Waals surface area contributed by atoms with Crippen molar-refractivity contribution >= 4 is 15.9 Å². The lowest BCUT2D eigenvalue weighted by molar-refractivity contribution is 0.0497. The zero-order valence-corrected chi connectivity index (χ0v) is 17.0. The standard InChI is InChI=1S/C19H30N2O4S/c1-6-13-8-10-14(11-9-13)15-16(26(23,24)7-2)19(15,12-20)21-17(22)25-18(3,4)5/h8-11,15-16H,6-7,12,20H2,1-5H3,(H,21,22)/t15-,16-,19+/m1/s1. The van der Waals surface area contributed by atoms with Gasteiger partial charge in [-0.1, -0.05) is 38.1 Å². The highest BCUT2D eigenvalue weighted by Gasteiger charge is 2.71. The van der Waals surface area contributed by atoms with Crippen LogP contribution in [0.3, 0.4) is 0 Å². The molecule has 0 heterocycles. The van der Waals surface area contributed by atoms with E-state index in [4.69, 9.17) is 10.5 Å². The highest BCUT2D eigenvalue weighted by molar-refractivity contribution is 7.92. The molecule has 0 aromatic heterocycles. The maximum Gasteiger partial charge on any atom is 0.408 e. The fourth-order valence-electron chi connectivity index (χ4n) is 3.48. The first-order valence-corrected chi connectivity index (χ1v) is 10.7. The summed E-state index contributed by atoms with van der Waals surface area (Å²) < 4.78 is 30.7. The van der Waals surface area contributed by atoms with Crippen molar-refractivity contribution in [1.82, 2.24) is 5.32 Å². The van der Waals surface area contributed by atoms with Crippen molar-refractivity contribution in [1.29, 1.82) is 0 Å². The Labute approximate surface area is 156 Å². The summed E-state index contributed by atoms with van der Waals surface area (Å²) in [5, 5.41) is 2.03. The van der Waals surface area contributed by atoms with Gasteiger partial charge in [0.25, 0.3) is 0 Å². The van der Waals surface area contributed by atoms with Gasteiger partial charge >= 0.3 is 6.09 Å². The van der Waals surface area contributed by atoms with Crippen LogP contribution in [0, 0.1) is 0 Å². The van der Waals surface area contributed by atoms with E-state index in [0.29, 0.717) is 0 Å². The molecular formula is C19H30N2O4S. The summed E-state index contributed by atoms with van der Waals surface area (Å²) in [7, 11) is -3.40. The average Bonchev–Trinajstić information content (AvgIpc) is 3.22. The molecule has 3 atom stereocenters. The monoisotopic (exact) mass is 382 g/mol. The summed E-state index contributed by atoms with van der Waals surface area (Å²) in [5.74, 6) is -0.380. The molecule has 7 heteroatoms. The van der Waals surface area contributed by atoms with E-state index >= 15 is 0 Å². The van der Waals surface area contributed by atoms with Gasteiger partial charge in [0, 0.05) is 18.2 Å². The number of alkyl carbamates (subject to hydrolysis) is 1. The molecule has 1 aliphatic rings. The zero-order chi connectivity index (χ0) is 19.8. The van der Waals surface area contributed by atoms with E-state index in [9.17, 15) is 13.2 Å². The lowest BCUT2D eigenvalue weighted by atomic mass is 10.0. The molecular weight excluding hydrogens is 352 g/mol. The predicted octanol–water partition coefficient (Wildman–Crippen LogP) is 2.37. The minimum absolute atomic E-state index is 0.00103. The fraction of sp³-hybridized carbons (Fsp3) is 0.632. The van der Waals surface area contributed by atoms with Gasteiger partial charge in [-0.3, -0.25) is 0 Å². The van der Waals surface area contributed by atoms with Crippen molar-refractivity contribution in [3.05, 3.63) is 35.4 Å². The first-order valence-electron chi connectivity index (χ1n) is 9.02. The van der Waals surface area contributed by atoms with Crippen LogP contribution in [0.15, 0.2) is 24.3 Å². The van der Waals surface area contributed by atoms with E-state index in [1.165, 1.54) is 5.56 Å². The van der Waals surface area contributed by atoms with Crippen LogP contribution in [0.25, 0.3) is 0 Å². The molecule has 0 unspecified atom stereocenters. The second-order valence-electron chi connectivity index (χ2n) is 7.82. The maximum atomic E-state index is 12.7. The van der Waals surface area contributed by atoms with Gasteiger partial charge in [0.2, 0.25) is 0 Å². The SMILES string of the molecule is CCc1ccc([C@@H]2[C@@H](S(=O)(=O)CC)[C@@]2(CN)NC(=O)OC(C)(C)C)cc1. The van der Waals surface area contributed by atoms with Gasteiger partial charge < -0.3 is 15.8 Å². The predicted molar refractivity (Wildman–Crippen MR) is 103 cm³/mol. The Morgan fingerprint density at radius 1 is 1.23 bits per heavy atom. The van der Waals surface area contributed by atoms with E-state index in [1.54, 1.807) is 27.7 Å². The normalized spacial score (nSPS) is 25.6. The van der Waals surface area contributed by atoms with Crippen LogP contribution in [0.1, 0.15) is 51.7 Å². The van der Waals surface area contributed by atoms with Crippen molar-refractivity contribution in [3.63, 3.8) is 0 Å². The van der Waals surface area contributed by atoms with Gasteiger partial charge in [0.1, 0.15) is 5.60 Å². The van der Waals surface area contributed by atoms with E-state index in [0.717, 1.165) is 12.0 Å². The molecule has 0 saturated heterocycles. The molecule has 0 radical (unpaired) electrons. The minimum atomic E-state index is -3.40. The highest BCUT2D eigenvalue weighted by atomic mass is 32.2. The van der Waals surface area contributed by atoms with Crippen molar-refractivity contribution in [2.24, 2.45) is 5.73 Å². The first-order chi connectivity index (χ1) is 12.0. The number of carbonyl (C=O) groups excluding carboxylic acids is 1. The Morgan fingerprint density at radius 3 is 2.23 bits per heavy atom. The molecule has 0 aliphatic heterocycles. The van der Waals surface area contributed by atoms with E-state index < -0.39 is 32.3 Å². The van der Waals surface area contributed by atoms with Crippen LogP contribution in [0.5, 0.6) is 0 Å². The number of sulfone groups is 1. The second kappa shape index (κ2) is 7.19. The molecule has 26 heavy (non-hydrogen) atoms. The number of ether oxygens (including phenoxy) is 1. The van der Waals surface area contributed by atoms with Crippen LogP contribution >= 0.6 is 0 Å². The molecule has 1 saturated carbocycles. The van der Waals surface area contributed by atoms with Gasteiger partial charge in [-0.2, -0.15) is 0 Å². The number of amides is 1. The number of rotatable bonds is 6. The number of nitrogens with two attached hydrogens (primary N) is 1. The minimum Gasteiger partial charge on any atom is -0.444 e. The third-order valence-corrected chi connectivity index (χ3v) is 7.14. The van der Waals surface area contributed by atoms with Crippen LogP contribution in [0.2, 0.25) is 0 Å².